The summed E-state index contributed by atoms with van der Waals surface area (Å²) in [5, 5.41) is 0.525. The topological polar surface area (TPSA) is 20.3 Å². The number of hydrogen-bond acceptors (Lipinski definition) is 1. The molecule has 0 aliphatic carbocycles. The fourth-order valence-corrected chi connectivity index (χ4v) is 4.65. The van der Waals surface area contributed by atoms with Gasteiger partial charge in [0, 0.05) is 12.1 Å². The number of nitrogens with zero attached hydrogens (tertiary/aromatic N) is 2. The first-order valence-corrected chi connectivity index (χ1v) is 9.26. The number of likely N-dealkylation sites (tertiary alicyclic amines) is 1. The van der Waals surface area contributed by atoms with Gasteiger partial charge in [0.15, 0.2) is 0 Å². The monoisotopic (exact) mass is 482 g/mol. The Labute approximate surface area is 177 Å². The van der Waals surface area contributed by atoms with E-state index in [9.17, 15) is 4.79 Å². The molecule has 0 spiro atoms. The van der Waals surface area contributed by atoms with Gasteiger partial charge in [0.25, 0.3) is 5.91 Å². The van der Waals surface area contributed by atoms with E-state index in [2.05, 4.69) is 39.2 Å². The van der Waals surface area contributed by atoms with E-state index in [1.165, 1.54) is 11.1 Å². The minimum atomic E-state index is 0. The average molecular weight is 483 g/mol. The Morgan fingerprint density at radius 2 is 1.92 bits per heavy atom. The van der Waals surface area contributed by atoms with Gasteiger partial charge in [-0.3, -0.25) is 4.79 Å². The van der Waals surface area contributed by atoms with E-state index in [0.717, 1.165) is 29.7 Å². The molecule has 0 aromatic heterocycles. The zero-order chi connectivity index (χ0) is 17.8. The molecule has 1 amide bonds. The second-order valence-electron chi connectivity index (χ2n) is 8.02. The van der Waals surface area contributed by atoms with E-state index in [1.54, 1.807) is 6.07 Å². The smallest absolute Gasteiger partial charge is 0.260 e. The van der Waals surface area contributed by atoms with Crippen LogP contribution >= 0.6 is 11.6 Å². The van der Waals surface area contributed by atoms with Gasteiger partial charge in [0.1, 0.15) is 0 Å². The molecule has 26 heavy (non-hydrogen) atoms. The number of likely N-dealkylation sites (N-methyl/N-ethyl adjacent to an activating group) is 1. The Morgan fingerprint density at radius 3 is 2.65 bits per heavy atom. The van der Waals surface area contributed by atoms with Crippen molar-refractivity contribution in [2.24, 2.45) is 0 Å². The van der Waals surface area contributed by atoms with Crippen LogP contribution in [0.2, 0.25) is 5.02 Å². The molecular formula is C21H24ClIN2O. The first kappa shape index (κ1) is 19.6. The summed E-state index contributed by atoms with van der Waals surface area (Å²) in [7, 11) is 4.56. The van der Waals surface area contributed by atoms with Crippen LogP contribution < -0.4 is 28.9 Å². The maximum atomic E-state index is 13.4. The summed E-state index contributed by atoms with van der Waals surface area (Å²) < 4.78 is 1.00. The van der Waals surface area contributed by atoms with Crippen molar-refractivity contribution in [3.63, 3.8) is 0 Å². The Morgan fingerprint density at radius 1 is 1.19 bits per heavy atom. The van der Waals surface area contributed by atoms with E-state index in [-0.39, 0.29) is 35.9 Å². The molecular weight excluding hydrogens is 459 g/mol. The lowest BCUT2D eigenvalue weighted by atomic mass is 9.87. The van der Waals surface area contributed by atoms with E-state index >= 15 is 0 Å². The molecule has 138 valence electrons. The third-order valence-electron chi connectivity index (χ3n) is 5.68. The van der Waals surface area contributed by atoms with Crippen LogP contribution in [0.5, 0.6) is 0 Å². The maximum Gasteiger partial charge on any atom is 0.260 e. The lowest BCUT2D eigenvalue weighted by Crippen LogP contribution is -3.00. The highest BCUT2D eigenvalue weighted by Crippen LogP contribution is 2.46. The first-order valence-electron chi connectivity index (χ1n) is 8.88. The molecule has 5 heteroatoms. The summed E-state index contributed by atoms with van der Waals surface area (Å²) in [6.45, 7) is 4.27. The van der Waals surface area contributed by atoms with Gasteiger partial charge < -0.3 is 33.4 Å². The second-order valence-corrected chi connectivity index (χ2v) is 8.43. The van der Waals surface area contributed by atoms with Gasteiger partial charge in [-0.25, -0.2) is 0 Å². The summed E-state index contributed by atoms with van der Waals surface area (Å²) in [6.07, 6.45) is 1.02. The predicted molar refractivity (Wildman–Crippen MR) is 102 cm³/mol. The number of quaternary nitrogens is 1. The Hall–Kier alpha value is -1.11. The van der Waals surface area contributed by atoms with E-state index in [0.29, 0.717) is 16.5 Å². The number of aryl methyl sites for hydroxylation is 1. The van der Waals surface area contributed by atoms with Crippen molar-refractivity contribution in [3.05, 3.63) is 64.2 Å². The normalized spacial score (nSPS) is 23.0. The van der Waals surface area contributed by atoms with Crippen LogP contribution in [0.1, 0.15) is 33.8 Å². The molecule has 0 radical (unpaired) electrons. The number of carbonyl (C=O) groups is 1. The minimum Gasteiger partial charge on any atom is -1.00 e. The zero-order valence-corrected chi connectivity index (χ0v) is 18.3. The summed E-state index contributed by atoms with van der Waals surface area (Å²) >= 11 is 6.32. The highest BCUT2D eigenvalue weighted by Gasteiger charge is 2.48. The zero-order valence-electron chi connectivity index (χ0n) is 15.4. The average Bonchev–Trinajstić information content (AvgIpc) is 2.86. The van der Waals surface area contributed by atoms with Crippen molar-refractivity contribution in [2.45, 2.75) is 25.3 Å². The van der Waals surface area contributed by atoms with Crippen molar-refractivity contribution in [3.8, 4) is 0 Å². The molecule has 0 saturated carbocycles. The second kappa shape index (κ2) is 7.13. The molecule has 0 bridgehead atoms. The number of benzene rings is 2. The van der Waals surface area contributed by atoms with Gasteiger partial charge in [-0.1, -0.05) is 41.4 Å². The Bertz CT molecular complexity index is 852. The summed E-state index contributed by atoms with van der Waals surface area (Å²) in [5.41, 5.74) is 4.22. The third-order valence-corrected chi connectivity index (χ3v) is 6.01. The largest absolute Gasteiger partial charge is 1.00 e. The van der Waals surface area contributed by atoms with Crippen LogP contribution in [0.15, 0.2) is 42.5 Å². The van der Waals surface area contributed by atoms with Crippen LogP contribution in [0.4, 0.5) is 5.69 Å². The maximum absolute atomic E-state index is 13.4. The van der Waals surface area contributed by atoms with Gasteiger partial charge in [-0.15, -0.1) is 0 Å². The molecule has 2 heterocycles. The molecule has 2 aliphatic heterocycles. The number of amides is 1. The third kappa shape index (κ3) is 3.27. The molecule has 0 N–H and O–H groups in total. The fourth-order valence-electron chi connectivity index (χ4n) is 4.44. The number of carbonyl (C=O) groups excluding carboxylic acids is 1. The molecule has 4 rings (SSSR count). The van der Waals surface area contributed by atoms with Gasteiger partial charge in [-0.05, 0) is 30.7 Å². The number of rotatable bonds is 1. The lowest BCUT2D eigenvalue weighted by Gasteiger charge is -2.41. The first-order chi connectivity index (χ1) is 11.9. The molecule has 1 saturated heterocycles. The summed E-state index contributed by atoms with van der Waals surface area (Å²) in [4.78, 5) is 15.4. The lowest BCUT2D eigenvalue weighted by molar-refractivity contribution is -0.896. The highest BCUT2D eigenvalue weighted by atomic mass is 127. The molecule has 2 unspecified atom stereocenters. The van der Waals surface area contributed by atoms with Crippen molar-refractivity contribution in [1.82, 2.24) is 0 Å². The number of halogens is 2. The Balaban J connectivity index is 0.00000196. The van der Waals surface area contributed by atoms with Crippen molar-refractivity contribution < 1.29 is 33.3 Å². The highest BCUT2D eigenvalue weighted by molar-refractivity contribution is 6.34. The predicted octanol–water partition coefficient (Wildman–Crippen LogP) is 1.25. The van der Waals surface area contributed by atoms with Gasteiger partial charge in [0.05, 0.1) is 49.7 Å². The molecule has 2 aromatic rings. The van der Waals surface area contributed by atoms with Gasteiger partial charge in [-0.2, -0.15) is 0 Å². The molecule has 2 aromatic carbocycles. The molecule has 3 nitrogen and oxygen atoms in total. The van der Waals surface area contributed by atoms with Crippen LogP contribution in [-0.2, 0) is 0 Å². The van der Waals surface area contributed by atoms with Crippen LogP contribution in [0.3, 0.4) is 0 Å². The molecule has 2 atom stereocenters. The van der Waals surface area contributed by atoms with Crippen molar-refractivity contribution >= 4 is 23.2 Å². The minimum absolute atomic E-state index is 0. The van der Waals surface area contributed by atoms with Gasteiger partial charge in [0.2, 0.25) is 0 Å². The van der Waals surface area contributed by atoms with E-state index < -0.39 is 0 Å². The van der Waals surface area contributed by atoms with E-state index in [1.807, 2.05) is 23.1 Å². The number of anilines is 1. The van der Waals surface area contributed by atoms with Crippen molar-refractivity contribution in [1.29, 1.82) is 0 Å². The van der Waals surface area contributed by atoms with Crippen LogP contribution in [0.25, 0.3) is 0 Å². The Kier molecular flexibility index (Phi) is 5.39. The number of fused-ring (bicyclic) bond motifs is 3. The number of hydrogen-bond donors (Lipinski definition) is 0. The standard InChI is InChI=1S/C21H24ClN2O.HI/c1-14-8-9-19-16(12-14)17-13-24(2,3)11-10-20(17)23(19)21(25)15-6-4-5-7-18(15)22;/h4-9,12,17,20H,10-11,13H2,1-3H3;1H/q+1;/p-1. The van der Waals surface area contributed by atoms with Crippen LogP contribution in [-0.4, -0.2) is 43.6 Å². The number of piperidine rings is 1. The summed E-state index contributed by atoms with van der Waals surface area (Å²) in [5.74, 6) is 0.417. The van der Waals surface area contributed by atoms with Gasteiger partial charge >= 0.3 is 0 Å². The fraction of sp³-hybridized carbons (Fsp3) is 0.381. The van der Waals surface area contributed by atoms with Crippen molar-refractivity contribution in [2.75, 3.05) is 32.1 Å². The molecule has 2 aliphatic rings. The molecule has 1 fully saturated rings. The summed E-state index contributed by atoms with van der Waals surface area (Å²) in [6, 6.07) is 14.1. The SMILES string of the molecule is Cc1ccc2c(c1)C1C[N+](C)(C)CCC1N2C(=O)c1ccccc1Cl.[I-]. The van der Waals surface area contributed by atoms with E-state index in [4.69, 9.17) is 11.6 Å². The quantitative estimate of drug-likeness (QED) is 0.443. The van der Waals surface area contributed by atoms with Crippen LogP contribution in [0, 0.1) is 6.92 Å².